The Bertz CT molecular complexity index is 646. The Morgan fingerprint density at radius 2 is 1.59 bits per heavy atom. The van der Waals surface area contributed by atoms with Crippen molar-refractivity contribution in [3.63, 3.8) is 0 Å². The lowest BCUT2D eigenvalue weighted by Crippen LogP contribution is -2.11. The summed E-state index contributed by atoms with van der Waals surface area (Å²) in [6, 6.07) is 14.3. The summed E-state index contributed by atoms with van der Waals surface area (Å²) in [4.78, 5) is 12.2. The van der Waals surface area contributed by atoms with Crippen LogP contribution in [0.1, 0.15) is 36.1 Å². The number of amides is 1. The molecule has 2 aromatic rings. The number of carbonyl (C=O) groups excluding carboxylic acids is 1. The number of benzene rings is 2. The Balaban J connectivity index is 2.13. The molecule has 2 aromatic carbocycles. The number of hydrogen-bond donors (Lipinski definition) is 1. The molecule has 0 aliphatic heterocycles. The molecule has 0 aromatic heterocycles. The molecule has 0 fully saturated rings. The van der Waals surface area contributed by atoms with Gasteiger partial charge >= 0.3 is 0 Å². The van der Waals surface area contributed by atoms with Gasteiger partial charge in [-0.15, -0.1) is 0 Å². The van der Waals surface area contributed by atoms with Crippen molar-refractivity contribution in [2.24, 2.45) is 0 Å². The van der Waals surface area contributed by atoms with Gasteiger partial charge in [-0.1, -0.05) is 61.9 Å². The number of aryl methyl sites for hydroxylation is 3. The van der Waals surface area contributed by atoms with Crippen LogP contribution in [0.5, 0.6) is 0 Å². The summed E-state index contributed by atoms with van der Waals surface area (Å²) in [7, 11) is 0. The standard InChI is InChI=1S/C20H23NO/c1-4-17-7-6-8-18(5-2)20(17)21-19(22)14-13-16-11-9-15(3)10-12-16/h6-14H,4-5H2,1-3H3,(H,21,22)/b14-13+. The van der Waals surface area contributed by atoms with Gasteiger partial charge in [-0.2, -0.15) is 0 Å². The van der Waals surface area contributed by atoms with E-state index in [1.807, 2.05) is 37.3 Å². The van der Waals surface area contributed by atoms with Crippen LogP contribution in [0.3, 0.4) is 0 Å². The highest BCUT2D eigenvalue weighted by Crippen LogP contribution is 2.22. The summed E-state index contributed by atoms with van der Waals surface area (Å²) < 4.78 is 0. The molecule has 0 spiro atoms. The Hall–Kier alpha value is -2.35. The first-order valence-electron chi connectivity index (χ1n) is 7.80. The van der Waals surface area contributed by atoms with Gasteiger partial charge in [-0.05, 0) is 42.5 Å². The second-order valence-corrected chi connectivity index (χ2v) is 5.39. The minimum atomic E-state index is -0.0869. The molecule has 2 heteroatoms. The molecule has 22 heavy (non-hydrogen) atoms. The molecule has 0 atom stereocenters. The monoisotopic (exact) mass is 293 g/mol. The van der Waals surface area contributed by atoms with Crippen LogP contribution in [0.4, 0.5) is 5.69 Å². The van der Waals surface area contributed by atoms with Crippen molar-refractivity contribution >= 4 is 17.7 Å². The van der Waals surface area contributed by atoms with Crippen molar-refractivity contribution in [1.29, 1.82) is 0 Å². The average molecular weight is 293 g/mol. The fourth-order valence-corrected chi connectivity index (χ4v) is 2.42. The lowest BCUT2D eigenvalue weighted by atomic mass is 10.0. The van der Waals surface area contributed by atoms with Gasteiger partial charge in [0.05, 0.1) is 0 Å². The molecule has 2 nitrogen and oxygen atoms in total. The molecule has 0 aliphatic carbocycles. The average Bonchev–Trinajstić information content (AvgIpc) is 2.54. The number of nitrogens with one attached hydrogen (secondary N) is 1. The van der Waals surface area contributed by atoms with E-state index in [2.05, 4.69) is 37.4 Å². The minimum Gasteiger partial charge on any atom is -0.322 e. The molecule has 0 heterocycles. The summed E-state index contributed by atoms with van der Waals surface area (Å²) in [6.45, 7) is 6.26. The van der Waals surface area contributed by atoms with Crippen LogP contribution in [-0.4, -0.2) is 5.91 Å². The van der Waals surface area contributed by atoms with Crippen molar-refractivity contribution in [3.05, 3.63) is 70.8 Å². The molecule has 114 valence electrons. The fraction of sp³-hybridized carbons (Fsp3) is 0.250. The van der Waals surface area contributed by atoms with Gasteiger partial charge in [0.2, 0.25) is 5.91 Å². The van der Waals surface area contributed by atoms with Crippen LogP contribution in [0.2, 0.25) is 0 Å². The maximum Gasteiger partial charge on any atom is 0.248 e. The van der Waals surface area contributed by atoms with Crippen molar-refractivity contribution in [2.75, 3.05) is 5.32 Å². The van der Waals surface area contributed by atoms with Gasteiger partial charge in [0.25, 0.3) is 0 Å². The van der Waals surface area contributed by atoms with Crippen molar-refractivity contribution in [2.45, 2.75) is 33.6 Å². The largest absolute Gasteiger partial charge is 0.322 e. The number of hydrogen-bond acceptors (Lipinski definition) is 1. The molecule has 0 aliphatic rings. The Labute approximate surface area is 132 Å². The third kappa shape index (κ3) is 4.08. The van der Waals surface area contributed by atoms with Crippen molar-refractivity contribution < 1.29 is 4.79 Å². The van der Waals surface area contributed by atoms with Gasteiger partial charge in [-0.25, -0.2) is 0 Å². The third-order valence-electron chi connectivity index (χ3n) is 3.75. The number of anilines is 1. The molecule has 1 N–H and O–H groups in total. The van der Waals surface area contributed by atoms with E-state index in [1.54, 1.807) is 6.08 Å². The highest BCUT2D eigenvalue weighted by Gasteiger charge is 2.08. The molecule has 0 bridgehead atoms. The zero-order valence-electron chi connectivity index (χ0n) is 13.5. The highest BCUT2D eigenvalue weighted by molar-refractivity contribution is 6.02. The smallest absolute Gasteiger partial charge is 0.248 e. The molecule has 0 saturated heterocycles. The maximum atomic E-state index is 12.2. The highest BCUT2D eigenvalue weighted by atomic mass is 16.1. The molecular weight excluding hydrogens is 270 g/mol. The minimum absolute atomic E-state index is 0.0869. The summed E-state index contributed by atoms with van der Waals surface area (Å²) in [6.07, 6.45) is 5.25. The van der Waals surface area contributed by atoms with Gasteiger partial charge < -0.3 is 5.32 Å². The topological polar surface area (TPSA) is 29.1 Å². The normalized spacial score (nSPS) is 10.9. The predicted molar refractivity (Wildman–Crippen MR) is 94.0 cm³/mol. The lowest BCUT2D eigenvalue weighted by Gasteiger charge is -2.13. The zero-order valence-corrected chi connectivity index (χ0v) is 13.5. The quantitative estimate of drug-likeness (QED) is 0.790. The summed E-state index contributed by atoms with van der Waals surface area (Å²) in [5.74, 6) is -0.0869. The van der Waals surface area contributed by atoms with Crippen molar-refractivity contribution in [1.82, 2.24) is 0 Å². The van der Waals surface area contributed by atoms with E-state index in [1.165, 1.54) is 16.7 Å². The Kier molecular flexibility index (Phi) is 5.54. The molecule has 0 unspecified atom stereocenters. The van der Waals surface area contributed by atoms with E-state index in [9.17, 15) is 4.79 Å². The van der Waals surface area contributed by atoms with Crippen LogP contribution in [0, 0.1) is 6.92 Å². The summed E-state index contributed by atoms with van der Waals surface area (Å²) in [5.41, 5.74) is 5.56. The lowest BCUT2D eigenvalue weighted by molar-refractivity contribution is -0.111. The van der Waals surface area contributed by atoms with Crippen LogP contribution in [0.15, 0.2) is 48.5 Å². The van der Waals surface area contributed by atoms with E-state index in [-0.39, 0.29) is 5.91 Å². The summed E-state index contributed by atoms with van der Waals surface area (Å²) >= 11 is 0. The van der Waals surface area contributed by atoms with Crippen LogP contribution in [-0.2, 0) is 17.6 Å². The maximum absolute atomic E-state index is 12.2. The van der Waals surface area contributed by atoms with E-state index in [4.69, 9.17) is 0 Å². The zero-order chi connectivity index (χ0) is 15.9. The third-order valence-corrected chi connectivity index (χ3v) is 3.75. The number of rotatable bonds is 5. The fourth-order valence-electron chi connectivity index (χ4n) is 2.42. The van der Waals surface area contributed by atoms with Crippen LogP contribution in [0.25, 0.3) is 6.08 Å². The van der Waals surface area contributed by atoms with Gasteiger partial charge in [0.1, 0.15) is 0 Å². The molecular formula is C20H23NO. The number of para-hydroxylation sites is 1. The van der Waals surface area contributed by atoms with E-state index >= 15 is 0 Å². The van der Waals surface area contributed by atoms with Gasteiger partial charge in [-0.3, -0.25) is 4.79 Å². The number of carbonyl (C=O) groups is 1. The van der Waals surface area contributed by atoms with Crippen LogP contribution < -0.4 is 5.32 Å². The van der Waals surface area contributed by atoms with E-state index < -0.39 is 0 Å². The SMILES string of the molecule is CCc1cccc(CC)c1NC(=O)/C=C/c1ccc(C)cc1. The Morgan fingerprint density at radius 1 is 1.00 bits per heavy atom. The molecule has 0 saturated carbocycles. The first kappa shape index (κ1) is 16.0. The van der Waals surface area contributed by atoms with Gasteiger partial charge in [0.15, 0.2) is 0 Å². The second kappa shape index (κ2) is 7.60. The molecule has 2 rings (SSSR count). The van der Waals surface area contributed by atoms with Gasteiger partial charge in [0, 0.05) is 11.8 Å². The molecule has 1 amide bonds. The predicted octanol–water partition coefficient (Wildman–Crippen LogP) is 4.77. The Morgan fingerprint density at radius 3 is 2.14 bits per heavy atom. The first-order chi connectivity index (χ1) is 10.6. The summed E-state index contributed by atoms with van der Waals surface area (Å²) in [5, 5.41) is 3.04. The first-order valence-corrected chi connectivity index (χ1v) is 7.80. The van der Waals surface area contributed by atoms with Crippen molar-refractivity contribution in [3.8, 4) is 0 Å². The van der Waals surface area contributed by atoms with E-state index in [0.29, 0.717) is 0 Å². The molecule has 0 radical (unpaired) electrons. The second-order valence-electron chi connectivity index (χ2n) is 5.39. The van der Waals surface area contributed by atoms with E-state index in [0.717, 1.165) is 24.1 Å². The van der Waals surface area contributed by atoms with Crippen LogP contribution >= 0.6 is 0 Å².